The SMILES string of the molecule is CC.CC(C)C.CC(C)n1ccnn1. The van der Waals surface area contributed by atoms with E-state index in [2.05, 4.69) is 44.9 Å². The summed E-state index contributed by atoms with van der Waals surface area (Å²) in [6.45, 7) is 14.6. The van der Waals surface area contributed by atoms with Crippen molar-refractivity contribution in [2.24, 2.45) is 5.92 Å². The van der Waals surface area contributed by atoms with Gasteiger partial charge < -0.3 is 0 Å². The Labute approximate surface area is 88.5 Å². The van der Waals surface area contributed by atoms with Crippen molar-refractivity contribution in [3.63, 3.8) is 0 Å². The molecule has 0 fully saturated rings. The highest BCUT2D eigenvalue weighted by Gasteiger charge is 1.92. The topological polar surface area (TPSA) is 30.7 Å². The third-order valence-electron chi connectivity index (χ3n) is 0.970. The van der Waals surface area contributed by atoms with Crippen LogP contribution in [-0.4, -0.2) is 15.0 Å². The number of aromatic nitrogens is 3. The first-order chi connectivity index (χ1) is 6.54. The second-order valence-corrected chi connectivity index (χ2v) is 3.71. The largest absolute Gasteiger partial charge is 0.250 e. The molecule has 0 aliphatic carbocycles. The molecular weight excluding hydrogens is 174 g/mol. The van der Waals surface area contributed by atoms with Crippen LogP contribution in [0.3, 0.4) is 0 Å². The number of nitrogens with zero attached hydrogens (tertiary/aromatic N) is 3. The Balaban J connectivity index is 0. The maximum Gasteiger partial charge on any atom is 0.0693 e. The zero-order valence-corrected chi connectivity index (χ0v) is 10.7. The van der Waals surface area contributed by atoms with Crippen LogP contribution >= 0.6 is 0 Å². The van der Waals surface area contributed by atoms with Gasteiger partial charge >= 0.3 is 0 Å². The average Bonchev–Trinajstić information content (AvgIpc) is 2.58. The van der Waals surface area contributed by atoms with Crippen molar-refractivity contribution < 1.29 is 0 Å². The first-order valence-corrected chi connectivity index (χ1v) is 5.39. The second kappa shape index (κ2) is 10.2. The summed E-state index contributed by atoms with van der Waals surface area (Å²) in [7, 11) is 0. The highest BCUT2D eigenvalue weighted by Crippen LogP contribution is 1.96. The summed E-state index contributed by atoms with van der Waals surface area (Å²) < 4.78 is 1.81. The molecule has 0 unspecified atom stereocenters. The summed E-state index contributed by atoms with van der Waals surface area (Å²) in [6, 6.07) is 0.428. The Morgan fingerprint density at radius 3 is 1.57 bits per heavy atom. The lowest BCUT2D eigenvalue weighted by Gasteiger charge is -2.00. The molecule has 1 aromatic rings. The van der Waals surface area contributed by atoms with Crippen LogP contribution in [0, 0.1) is 5.92 Å². The van der Waals surface area contributed by atoms with Gasteiger partial charge in [0.15, 0.2) is 0 Å². The Morgan fingerprint density at radius 1 is 1.00 bits per heavy atom. The molecule has 0 aliphatic heterocycles. The van der Waals surface area contributed by atoms with E-state index in [-0.39, 0.29) is 0 Å². The molecule has 1 aromatic heterocycles. The molecule has 0 aliphatic rings. The summed E-state index contributed by atoms with van der Waals surface area (Å²) in [5, 5.41) is 7.44. The first-order valence-electron chi connectivity index (χ1n) is 5.39. The molecule has 0 bridgehead atoms. The van der Waals surface area contributed by atoms with Crippen molar-refractivity contribution in [3.05, 3.63) is 12.4 Å². The molecule has 1 rings (SSSR count). The Morgan fingerprint density at radius 2 is 1.43 bits per heavy atom. The molecule has 0 aromatic carbocycles. The fourth-order valence-corrected chi connectivity index (χ4v) is 0.493. The normalized spacial score (nSPS) is 8.93. The van der Waals surface area contributed by atoms with E-state index >= 15 is 0 Å². The Hall–Kier alpha value is -0.860. The monoisotopic (exact) mass is 199 g/mol. The quantitative estimate of drug-likeness (QED) is 0.692. The van der Waals surface area contributed by atoms with Gasteiger partial charge in [-0.25, -0.2) is 0 Å². The molecule has 0 amide bonds. The lowest BCUT2D eigenvalue weighted by Crippen LogP contribution is -2.00. The molecule has 3 nitrogen and oxygen atoms in total. The van der Waals surface area contributed by atoms with Gasteiger partial charge in [-0.15, -0.1) is 5.10 Å². The molecule has 1 heterocycles. The van der Waals surface area contributed by atoms with E-state index < -0.39 is 0 Å². The fourth-order valence-electron chi connectivity index (χ4n) is 0.493. The number of rotatable bonds is 1. The van der Waals surface area contributed by atoms with Crippen molar-refractivity contribution >= 4 is 0 Å². The van der Waals surface area contributed by atoms with Gasteiger partial charge in [0, 0.05) is 12.2 Å². The summed E-state index contributed by atoms with van der Waals surface area (Å²) in [4.78, 5) is 0. The van der Waals surface area contributed by atoms with E-state index in [1.807, 2.05) is 20.0 Å². The molecule has 3 heteroatoms. The standard InChI is InChI=1S/C5H9N3.C4H10.C2H6/c1-5(2)8-4-3-6-7-8;1-4(2)3;1-2/h3-5H,1-2H3;4H,1-3H3;1-2H3. The van der Waals surface area contributed by atoms with E-state index in [1.165, 1.54) is 0 Å². The van der Waals surface area contributed by atoms with Crippen molar-refractivity contribution in [3.8, 4) is 0 Å². The number of hydrogen-bond acceptors (Lipinski definition) is 2. The lowest BCUT2D eigenvalue weighted by atomic mass is 10.3. The van der Waals surface area contributed by atoms with Crippen LogP contribution in [0.4, 0.5) is 0 Å². The fraction of sp³-hybridized carbons (Fsp3) is 0.818. The van der Waals surface area contributed by atoms with E-state index in [9.17, 15) is 0 Å². The van der Waals surface area contributed by atoms with Crippen LogP contribution in [0.2, 0.25) is 0 Å². The van der Waals surface area contributed by atoms with E-state index in [1.54, 1.807) is 10.9 Å². The maximum atomic E-state index is 3.78. The summed E-state index contributed by atoms with van der Waals surface area (Å²) in [5.74, 6) is 0.833. The van der Waals surface area contributed by atoms with Gasteiger partial charge in [0.1, 0.15) is 0 Å². The molecule has 84 valence electrons. The summed E-state index contributed by atoms with van der Waals surface area (Å²) in [5.41, 5.74) is 0. The van der Waals surface area contributed by atoms with Crippen LogP contribution in [0.25, 0.3) is 0 Å². The van der Waals surface area contributed by atoms with Gasteiger partial charge in [-0.1, -0.05) is 39.8 Å². The van der Waals surface area contributed by atoms with Crippen LogP contribution in [0.5, 0.6) is 0 Å². The van der Waals surface area contributed by atoms with E-state index in [0.717, 1.165) is 5.92 Å². The first kappa shape index (κ1) is 15.6. The highest BCUT2D eigenvalue weighted by atomic mass is 15.4. The van der Waals surface area contributed by atoms with Gasteiger partial charge in [0.05, 0.1) is 6.20 Å². The van der Waals surface area contributed by atoms with Gasteiger partial charge in [0.25, 0.3) is 0 Å². The predicted molar refractivity (Wildman–Crippen MR) is 62.3 cm³/mol. The minimum absolute atomic E-state index is 0.428. The van der Waals surface area contributed by atoms with Crippen LogP contribution < -0.4 is 0 Å². The molecule has 14 heavy (non-hydrogen) atoms. The minimum Gasteiger partial charge on any atom is -0.250 e. The summed E-state index contributed by atoms with van der Waals surface area (Å²) >= 11 is 0. The minimum atomic E-state index is 0.428. The lowest BCUT2D eigenvalue weighted by molar-refractivity contribution is 0.514. The Bertz CT molecular complexity index is 176. The third kappa shape index (κ3) is 11.1. The summed E-state index contributed by atoms with van der Waals surface area (Å²) in [6.07, 6.45) is 3.53. The van der Waals surface area contributed by atoms with Crippen LogP contribution in [0.1, 0.15) is 54.5 Å². The van der Waals surface area contributed by atoms with Crippen molar-refractivity contribution in [1.29, 1.82) is 0 Å². The van der Waals surface area contributed by atoms with Gasteiger partial charge in [0.2, 0.25) is 0 Å². The van der Waals surface area contributed by atoms with Gasteiger partial charge in [-0.05, 0) is 19.8 Å². The predicted octanol–water partition coefficient (Wildman–Crippen LogP) is 3.55. The molecule has 0 saturated carbocycles. The molecule has 0 spiro atoms. The highest BCUT2D eigenvalue weighted by molar-refractivity contribution is 4.66. The van der Waals surface area contributed by atoms with Crippen molar-refractivity contribution in [2.45, 2.75) is 54.5 Å². The second-order valence-electron chi connectivity index (χ2n) is 3.71. The molecular formula is C11H25N3. The van der Waals surface area contributed by atoms with Crippen molar-refractivity contribution in [1.82, 2.24) is 15.0 Å². The zero-order valence-electron chi connectivity index (χ0n) is 10.7. The zero-order chi connectivity index (χ0) is 11.6. The van der Waals surface area contributed by atoms with Gasteiger partial charge in [-0.2, -0.15) is 0 Å². The molecule has 0 N–H and O–H groups in total. The molecule has 0 atom stereocenters. The average molecular weight is 199 g/mol. The molecule has 0 radical (unpaired) electrons. The van der Waals surface area contributed by atoms with Gasteiger partial charge in [-0.3, -0.25) is 4.68 Å². The number of hydrogen-bond donors (Lipinski definition) is 0. The van der Waals surface area contributed by atoms with Crippen LogP contribution in [-0.2, 0) is 0 Å². The molecule has 0 saturated heterocycles. The van der Waals surface area contributed by atoms with E-state index in [0.29, 0.717) is 6.04 Å². The van der Waals surface area contributed by atoms with E-state index in [4.69, 9.17) is 0 Å². The third-order valence-corrected chi connectivity index (χ3v) is 0.970. The van der Waals surface area contributed by atoms with Crippen LogP contribution in [0.15, 0.2) is 12.4 Å². The maximum absolute atomic E-state index is 3.78. The van der Waals surface area contributed by atoms with Crippen molar-refractivity contribution in [2.75, 3.05) is 0 Å². The smallest absolute Gasteiger partial charge is 0.0693 e. The Kier molecular flexibility index (Phi) is 11.4.